The van der Waals surface area contributed by atoms with Gasteiger partial charge in [-0.05, 0) is 6.92 Å². The summed E-state index contributed by atoms with van der Waals surface area (Å²) in [5.41, 5.74) is 1.09. The molecule has 0 aliphatic rings. The number of nitrogens with zero attached hydrogens (tertiary/aromatic N) is 1. The third kappa shape index (κ3) is 1.44. The first-order chi connectivity index (χ1) is 5.46. The van der Waals surface area contributed by atoms with E-state index in [-0.39, 0.29) is 11.1 Å². The number of aromatic amines is 1. The van der Waals surface area contributed by atoms with Crippen LogP contribution in [0.15, 0.2) is 11.0 Å². The van der Waals surface area contributed by atoms with Gasteiger partial charge in [0.2, 0.25) is 0 Å². The van der Waals surface area contributed by atoms with E-state index in [9.17, 15) is 4.79 Å². The predicted octanol–water partition coefficient (Wildman–Crippen LogP) is 1.49. The Morgan fingerprint density at radius 3 is 2.42 bits per heavy atom. The van der Waals surface area contributed by atoms with Crippen LogP contribution in [0.4, 0.5) is 0 Å². The molecule has 0 aliphatic carbocycles. The molecular weight excluding hydrogens is 152 g/mol. The van der Waals surface area contributed by atoms with Gasteiger partial charge in [0.25, 0.3) is 0 Å². The minimum atomic E-state index is -0.0116. The summed E-state index contributed by atoms with van der Waals surface area (Å²) in [7, 11) is 0. The van der Waals surface area contributed by atoms with Crippen molar-refractivity contribution >= 4 is 0 Å². The summed E-state index contributed by atoms with van der Waals surface area (Å²) in [6.45, 7) is 9.00. The van der Waals surface area contributed by atoms with E-state index in [0.29, 0.717) is 0 Å². The quantitative estimate of drug-likeness (QED) is 0.678. The van der Waals surface area contributed by atoms with Crippen molar-refractivity contribution in [3.05, 3.63) is 22.4 Å². The Hall–Kier alpha value is -0.990. The number of hydrogen-bond donors (Lipinski definition) is 1. The summed E-state index contributed by atoms with van der Waals surface area (Å²) >= 11 is 0. The SMILES string of the molecule is CCn1c(C(C)(C)C)c[nH]c1=O. The van der Waals surface area contributed by atoms with Crippen LogP contribution in [0.25, 0.3) is 0 Å². The van der Waals surface area contributed by atoms with Crippen molar-refractivity contribution in [2.75, 3.05) is 0 Å². The lowest BCUT2D eigenvalue weighted by atomic mass is 9.93. The van der Waals surface area contributed by atoms with E-state index in [1.54, 1.807) is 10.8 Å². The van der Waals surface area contributed by atoms with Gasteiger partial charge >= 0.3 is 5.69 Å². The molecule has 1 aromatic rings. The molecule has 3 nitrogen and oxygen atoms in total. The normalized spacial score (nSPS) is 12.0. The van der Waals surface area contributed by atoms with Crippen LogP contribution in [-0.2, 0) is 12.0 Å². The zero-order valence-electron chi connectivity index (χ0n) is 8.14. The highest BCUT2D eigenvalue weighted by Crippen LogP contribution is 2.19. The molecule has 68 valence electrons. The Balaban J connectivity index is 3.26. The van der Waals surface area contributed by atoms with Gasteiger partial charge in [-0.15, -0.1) is 0 Å². The molecule has 1 rings (SSSR count). The highest BCUT2D eigenvalue weighted by atomic mass is 16.1. The highest BCUT2D eigenvalue weighted by Gasteiger charge is 2.18. The van der Waals surface area contributed by atoms with Gasteiger partial charge in [0.05, 0.1) is 0 Å². The molecule has 0 radical (unpaired) electrons. The Kier molecular flexibility index (Phi) is 2.13. The summed E-state index contributed by atoms with van der Waals surface area (Å²) in [5, 5.41) is 0. The predicted molar refractivity (Wildman–Crippen MR) is 49.4 cm³/mol. The van der Waals surface area contributed by atoms with Gasteiger partial charge in [-0.3, -0.25) is 4.57 Å². The summed E-state index contributed by atoms with van der Waals surface area (Å²) < 4.78 is 1.76. The molecule has 0 saturated carbocycles. The van der Waals surface area contributed by atoms with Crippen molar-refractivity contribution in [3.63, 3.8) is 0 Å². The molecule has 0 unspecified atom stereocenters. The fraction of sp³-hybridized carbons (Fsp3) is 0.667. The van der Waals surface area contributed by atoms with Crippen molar-refractivity contribution in [3.8, 4) is 0 Å². The van der Waals surface area contributed by atoms with E-state index in [1.165, 1.54) is 0 Å². The molecule has 1 aromatic heterocycles. The Morgan fingerprint density at radius 1 is 1.50 bits per heavy atom. The molecule has 12 heavy (non-hydrogen) atoms. The zero-order valence-corrected chi connectivity index (χ0v) is 8.14. The van der Waals surface area contributed by atoms with Gasteiger partial charge in [0.15, 0.2) is 0 Å². The molecule has 0 amide bonds. The molecule has 0 spiro atoms. The molecule has 1 heterocycles. The van der Waals surface area contributed by atoms with E-state index in [2.05, 4.69) is 25.8 Å². The number of rotatable bonds is 1. The van der Waals surface area contributed by atoms with Gasteiger partial charge in [-0.1, -0.05) is 20.8 Å². The number of imidazole rings is 1. The maximum absolute atomic E-state index is 11.2. The van der Waals surface area contributed by atoms with E-state index in [1.807, 2.05) is 6.92 Å². The van der Waals surface area contributed by atoms with Crippen molar-refractivity contribution < 1.29 is 0 Å². The summed E-state index contributed by atoms with van der Waals surface area (Å²) in [6.07, 6.45) is 1.80. The summed E-state index contributed by atoms with van der Waals surface area (Å²) in [5.74, 6) is 0. The Bertz CT molecular complexity index is 314. The fourth-order valence-corrected chi connectivity index (χ4v) is 1.33. The third-order valence-corrected chi connectivity index (χ3v) is 1.95. The molecular formula is C9H16N2O. The van der Waals surface area contributed by atoms with Gasteiger partial charge in [0, 0.05) is 23.9 Å². The van der Waals surface area contributed by atoms with Crippen LogP contribution in [0.1, 0.15) is 33.4 Å². The van der Waals surface area contributed by atoms with Crippen LogP contribution >= 0.6 is 0 Å². The van der Waals surface area contributed by atoms with Gasteiger partial charge in [0.1, 0.15) is 0 Å². The van der Waals surface area contributed by atoms with Crippen molar-refractivity contribution in [2.24, 2.45) is 0 Å². The van der Waals surface area contributed by atoms with E-state index in [0.717, 1.165) is 12.2 Å². The standard InChI is InChI=1S/C9H16N2O/c1-5-11-7(9(2,3)4)6-10-8(11)12/h6H,5H2,1-4H3,(H,10,12). The molecule has 0 aromatic carbocycles. The van der Waals surface area contributed by atoms with Crippen LogP contribution in [0.2, 0.25) is 0 Å². The van der Waals surface area contributed by atoms with Crippen LogP contribution < -0.4 is 5.69 Å². The van der Waals surface area contributed by atoms with E-state index < -0.39 is 0 Å². The smallest absolute Gasteiger partial charge is 0.312 e. The van der Waals surface area contributed by atoms with Gasteiger partial charge < -0.3 is 4.98 Å². The van der Waals surface area contributed by atoms with Crippen LogP contribution in [0.3, 0.4) is 0 Å². The van der Waals surface area contributed by atoms with E-state index in [4.69, 9.17) is 0 Å². The average Bonchev–Trinajstić information content (AvgIpc) is 2.29. The van der Waals surface area contributed by atoms with Crippen LogP contribution in [0, 0.1) is 0 Å². The second kappa shape index (κ2) is 2.81. The number of hydrogen-bond acceptors (Lipinski definition) is 1. The largest absolute Gasteiger partial charge is 0.325 e. The summed E-state index contributed by atoms with van der Waals surface area (Å²) in [6, 6.07) is 0. The number of aromatic nitrogens is 2. The lowest BCUT2D eigenvalue weighted by Gasteiger charge is -2.19. The lowest BCUT2D eigenvalue weighted by molar-refractivity contribution is 0.520. The third-order valence-electron chi connectivity index (χ3n) is 1.95. The minimum Gasteiger partial charge on any atom is -0.312 e. The molecule has 0 bridgehead atoms. The average molecular weight is 168 g/mol. The molecule has 1 N–H and O–H groups in total. The summed E-state index contributed by atoms with van der Waals surface area (Å²) in [4.78, 5) is 13.9. The first-order valence-electron chi connectivity index (χ1n) is 4.25. The minimum absolute atomic E-state index is 0.0116. The second-order valence-electron chi connectivity index (χ2n) is 3.97. The van der Waals surface area contributed by atoms with Gasteiger partial charge in [-0.25, -0.2) is 4.79 Å². The van der Waals surface area contributed by atoms with Crippen molar-refractivity contribution in [1.29, 1.82) is 0 Å². The molecule has 0 aliphatic heterocycles. The number of nitrogens with one attached hydrogen (secondary N) is 1. The monoisotopic (exact) mass is 168 g/mol. The Labute approximate surface area is 72.4 Å². The molecule has 3 heteroatoms. The molecule has 0 fully saturated rings. The zero-order chi connectivity index (χ0) is 9.35. The first-order valence-corrected chi connectivity index (χ1v) is 4.25. The molecule has 0 atom stereocenters. The Morgan fingerprint density at radius 2 is 2.08 bits per heavy atom. The maximum atomic E-state index is 11.2. The lowest BCUT2D eigenvalue weighted by Crippen LogP contribution is -2.23. The van der Waals surface area contributed by atoms with Gasteiger partial charge in [-0.2, -0.15) is 0 Å². The second-order valence-corrected chi connectivity index (χ2v) is 3.97. The molecule has 0 saturated heterocycles. The first kappa shape index (κ1) is 9.10. The number of H-pyrrole nitrogens is 1. The van der Waals surface area contributed by atoms with Crippen LogP contribution in [0.5, 0.6) is 0 Å². The van der Waals surface area contributed by atoms with Crippen molar-refractivity contribution in [1.82, 2.24) is 9.55 Å². The van der Waals surface area contributed by atoms with Crippen LogP contribution in [-0.4, -0.2) is 9.55 Å². The van der Waals surface area contributed by atoms with Crippen molar-refractivity contribution in [2.45, 2.75) is 39.7 Å². The highest BCUT2D eigenvalue weighted by molar-refractivity contribution is 5.10. The topological polar surface area (TPSA) is 37.8 Å². The maximum Gasteiger partial charge on any atom is 0.325 e. The fourth-order valence-electron chi connectivity index (χ4n) is 1.33. The van der Waals surface area contributed by atoms with E-state index >= 15 is 0 Å².